The Morgan fingerprint density at radius 3 is 2.68 bits per heavy atom. The normalized spacial score (nSPS) is 15.3. The summed E-state index contributed by atoms with van der Waals surface area (Å²) in [6.45, 7) is 3.56. The van der Waals surface area contributed by atoms with Crippen LogP contribution >= 0.6 is 22.9 Å². The summed E-state index contributed by atoms with van der Waals surface area (Å²) < 4.78 is 27.7. The molecule has 1 aliphatic rings. The SMILES string of the molecule is Cc1cc(Cl)c(N2CCCC2)cc1S(=O)(=O)Nc1nccs1. The largest absolute Gasteiger partial charge is 0.370 e. The van der Waals surface area contributed by atoms with Crippen molar-refractivity contribution in [1.82, 2.24) is 4.98 Å². The third-order valence-electron chi connectivity index (χ3n) is 3.63. The van der Waals surface area contributed by atoms with E-state index >= 15 is 0 Å². The third kappa shape index (κ3) is 3.06. The monoisotopic (exact) mass is 357 g/mol. The zero-order valence-corrected chi connectivity index (χ0v) is 14.4. The second-order valence-electron chi connectivity index (χ2n) is 5.21. The van der Waals surface area contributed by atoms with Gasteiger partial charge in [0.05, 0.1) is 15.6 Å². The lowest BCUT2D eigenvalue weighted by Crippen LogP contribution is -2.20. The first kappa shape index (κ1) is 15.6. The van der Waals surface area contributed by atoms with Gasteiger partial charge in [0.2, 0.25) is 0 Å². The number of nitrogens with one attached hydrogen (secondary N) is 1. The smallest absolute Gasteiger partial charge is 0.264 e. The zero-order chi connectivity index (χ0) is 15.7. The van der Waals surface area contributed by atoms with Crippen LogP contribution in [0.25, 0.3) is 0 Å². The summed E-state index contributed by atoms with van der Waals surface area (Å²) in [6, 6.07) is 3.38. The summed E-state index contributed by atoms with van der Waals surface area (Å²) in [5, 5.41) is 2.67. The molecule has 1 aliphatic heterocycles. The second-order valence-corrected chi connectivity index (χ2v) is 8.16. The van der Waals surface area contributed by atoms with Gasteiger partial charge in [-0.3, -0.25) is 4.72 Å². The van der Waals surface area contributed by atoms with Crippen molar-refractivity contribution in [3.63, 3.8) is 0 Å². The number of hydrogen-bond acceptors (Lipinski definition) is 5. The number of hydrogen-bond donors (Lipinski definition) is 1. The first-order chi connectivity index (χ1) is 10.5. The van der Waals surface area contributed by atoms with E-state index in [0.717, 1.165) is 31.6 Å². The molecule has 0 unspecified atom stereocenters. The topological polar surface area (TPSA) is 62.3 Å². The van der Waals surface area contributed by atoms with E-state index in [1.807, 2.05) is 0 Å². The maximum Gasteiger partial charge on any atom is 0.264 e. The van der Waals surface area contributed by atoms with Crippen molar-refractivity contribution in [2.24, 2.45) is 0 Å². The van der Waals surface area contributed by atoms with E-state index in [1.165, 1.54) is 11.3 Å². The van der Waals surface area contributed by atoms with Gasteiger partial charge in [-0.05, 0) is 37.5 Å². The van der Waals surface area contributed by atoms with Gasteiger partial charge in [0.25, 0.3) is 10.0 Å². The Morgan fingerprint density at radius 1 is 1.32 bits per heavy atom. The predicted molar refractivity (Wildman–Crippen MR) is 90.6 cm³/mol. The van der Waals surface area contributed by atoms with Crippen molar-refractivity contribution >= 4 is 43.8 Å². The van der Waals surface area contributed by atoms with E-state index in [4.69, 9.17) is 11.6 Å². The van der Waals surface area contributed by atoms with Crippen LogP contribution in [0.4, 0.5) is 10.8 Å². The average Bonchev–Trinajstić information content (AvgIpc) is 3.10. The Hall–Kier alpha value is -1.31. The minimum Gasteiger partial charge on any atom is -0.370 e. The summed E-state index contributed by atoms with van der Waals surface area (Å²) in [4.78, 5) is 6.34. The first-order valence-corrected chi connectivity index (χ1v) is 9.69. The zero-order valence-electron chi connectivity index (χ0n) is 12.0. The number of halogens is 1. The van der Waals surface area contributed by atoms with Crippen LogP contribution in [0.3, 0.4) is 0 Å². The molecule has 1 fully saturated rings. The van der Waals surface area contributed by atoms with Gasteiger partial charge in [-0.2, -0.15) is 0 Å². The number of aromatic nitrogens is 1. The van der Waals surface area contributed by atoms with Crippen LogP contribution in [0.15, 0.2) is 28.6 Å². The third-order valence-corrected chi connectivity index (χ3v) is 6.24. The van der Waals surface area contributed by atoms with Crippen LogP contribution in [0, 0.1) is 6.92 Å². The van der Waals surface area contributed by atoms with E-state index in [1.54, 1.807) is 30.6 Å². The number of sulfonamides is 1. The number of aryl methyl sites for hydroxylation is 1. The van der Waals surface area contributed by atoms with Gasteiger partial charge in [0.15, 0.2) is 5.13 Å². The average molecular weight is 358 g/mol. The molecule has 1 saturated heterocycles. The lowest BCUT2D eigenvalue weighted by atomic mass is 10.2. The Morgan fingerprint density at radius 2 is 2.05 bits per heavy atom. The molecule has 5 nitrogen and oxygen atoms in total. The van der Waals surface area contributed by atoms with Gasteiger partial charge in [-0.25, -0.2) is 13.4 Å². The minimum atomic E-state index is -3.67. The second kappa shape index (κ2) is 6.06. The van der Waals surface area contributed by atoms with Crippen LogP contribution in [0.1, 0.15) is 18.4 Å². The van der Waals surface area contributed by atoms with Crippen molar-refractivity contribution < 1.29 is 8.42 Å². The molecule has 22 heavy (non-hydrogen) atoms. The summed E-state index contributed by atoms with van der Waals surface area (Å²) in [6.07, 6.45) is 3.76. The van der Waals surface area contributed by atoms with Crippen LogP contribution in [0.2, 0.25) is 5.02 Å². The molecule has 0 spiro atoms. The molecular formula is C14H16ClN3O2S2. The fourth-order valence-electron chi connectivity index (χ4n) is 2.58. The molecule has 1 N–H and O–H groups in total. The number of anilines is 2. The van der Waals surface area contributed by atoms with E-state index in [2.05, 4.69) is 14.6 Å². The molecule has 1 aromatic carbocycles. The molecule has 2 aromatic rings. The highest BCUT2D eigenvalue weighted by Crippen LogP contribution is 2.34. The van der Waals surface area contributed by atoms with Crippen LogP contribution in [-0.2, 0) is 10.0 Å². The highest BCUT2D eigenvalue weighted by Gasteiger charge is 2.23. The van der Waals surface area contributed by atoms with E-state index in [0.29, 0.717) is 15.7 Å². The molecule has 2 heterocycles. The molecule has 0 radical (unpaired) electrons. The summed E-state index contributed by atoms with van der Waals surface area (Å²) >= 11 is 7.55. The lowest BCUT2D eigenvalue weighted by Gasteiger charge is -2.21. The van der Waals surface area contributed by atoms with E-state index in [9.17, 15) is 8.42 Å². The van der Waals surface area contributed by atoms with Crippen molar-refractivity contribution in [2.75, 3.05) is 22.7 Å². The van der Waals surface area contributed by atoms with Crippen LogP contribution in [-0.4, -0.2) is 26.5 Å². The standard InChI is InChI=1S/C14H16ClN3O2S2/c1-10-8-11(15)12(18-5-2-3-6-18)9-13(10)22(19,20)17-14-16-4-7-21-14/h4,7-9H,2-3,5-6H2,1H3,(H,16,17). The molecule has 118 valence electrons. The van der Waals surface area contributed by atoms with Crippen molar-refractivity contribution in [3.8, 4) is 0 Å². The molecule has 0 aliphatic carbocycles. The number of rotatable bonds is 4. The molecule has 0 atom stereocenters. The summed E-state index contributed by atoms with van der Waals surface area (Å²) in [7, 11) is -3.67. The molecule has 3 rings (SSSR count). The molecule has 1 aromatic heterocycles. The quantitative estimate of drug-likeness (QED) is 0.909. The van der Waals surface area contributed by atoms with Crippen LogP contribution < -0.4 is 9.62 Å². The summed E-state index contributed by atoms with van der Waals surface area (Å²) in [5.41, 5.74) is 1.40. The Balaban J connectivity index is 2.00. The number of thiazole rings is 1. The predicted octanol–water partition coefficient (Wildman–Crippen LogP) is 3.51. The van der Waals surface area contributed by atoms with Gasteiger partial charge < -0.3 is 4.90 Å². The Bertz CT molecular complexity index is 770. The molecule has 0 bridgehead atoms. The molecule has 0 saturated carbocycles. The first-order valence-electron chi connectivity index (χ1n) is 6.95. The van der Waals surface area contributed by atoms with Crippen LogP contribution in [0.5, 0.6) is 0 Å². The number of benzene rings is 1. The van der Waals surface area contributed by atoms with Gasteiger partial charge in [-0.1, -0.05) is 11.6 Å². The fraction of sp³-hybridized carbons (Fsp3) is 0.357. The van der Waals surface area contributed by atoms with Gasteiger partial charge in [0, 0.05) is 24.7 Å². The molecular weight excluding hydrogens is 342 g/mol. The molecule has 0 amide bonds. The van der Waals surface area contributed by atoms with Crippen molar-refractivity contribution in [2.45, 2.75) is 24.7 Å². The molecule has 8 heteroatoms. The van der Waals surface area contributed by atoms with Crippen molar-refractivity contribution in [1.29, 1.82) is 0 Å². The van der Waals surface area contributed by atoms with Gasteiger partial charge in [-0.15, -0.1) is 11.3 Å². The highest BCUT2D eigenvalue weighted by molar-refractivity contribution is 7.93. The Labute approximate surface area is 139 Å². The van der Waals surface area contributed by atoms with Gasteiger partial charge in [0.1, 0.15) is 0 Å². The summed E-state index contributed by atoms with van der Waals surface area (Å²) in [5.74, 6) is 0. The van der Waals surface area contributed by atoms with Gasteiger partial charge >= 0.3 is 0 Å². The maximum absolute atomic E-state index is 12.6. The Kier molecular flexibility index (Phi) is 4.29. The van der Waals surface area contributed by atoms with E-state index in [-0.39, 0.29) is 4.90 Å². The van der Waals surface area contributed by atoms with E-state index < -0.39 is 10.0 Å². The minimum absolute atomic E-state index is 0.244. The maximum atomic E-state index is 12.6. The number of nitrogens with zero attached hydrogens (tertiary/aromatic N) is 2. The fourth-order valence-corrected chi connectivity index (χ4v) is 4.95. The van der Waals surface area contributed by atoms with Crippen molar-refractivity contribution in [3.05, 3.63) is 34.3 Å². The highest BCUT2D eigenvalue weighted by atomic mass is 35.5. The lowest BCUT2D eigenvalue weighted by molar-refractivity contribution is 0.600.